The molecule has 0 unspecified atom stereocenters. The van der Waals surface area contributed by atoms with Crippen LogP contribution < -0.4 is 4.90 Å². The summed E-state index contributed by atoms with van der Waals surface area (Å²) in [5.74, 6) is 0. The van der Waals surface area contributed by atoms with Crippen LogP contribution in [0.25, 0.3) is 11.1 Å². The molecule has 1 heterocycles. The summed E-state index contributed by atoms with van der Waals surface area (Å²) >= 11 is 0. The molecule has 1 fully saturated rings. The third-order valence-corrected chi connectivity index (χ3v) is 4.07. The summed E-state index contributed by atoms with van der Waals surface area (Å²) in [6.07, 6.45) is 0. The predicted octanol–water partition coefficient (Wildman–Crippen LogP) is 3.41. The number of piperazine rings is 1. The van der Waals surface area contributed by atoms with Crippen molar-refractivity contribution < 1.29 is 0 Å². The molecule has 0 N–H and O–H groups in total. The van der Waals surface area contributed by atoms with E-state index in [1.807, 2.05) is 0 Å². The van der Waals surface area contributed by atoms with E-state index in [-0.39, 0.29) is 0 Å². The molecular formula is C18H22N2. The molecule has 0 bridgehead atoms. The number of para-hydroxylation sites is 1. The molecule has 4 rings (SSSR count). The van der Waals surface area contributed by atoms with Gasteiger partial charge in [0.2, 0.25) is 0 Å². The lowest BCUT2D eigenvalue weighted by atomic mass is 10.1. The molecule has 2 nitrogen and oxygen atoms in total. The van der Waals surface area contributed by atoms with Gasteiger partial charge in [-0.15, -0.1) is 0 Å². The fraction of sp³-hybridized carbons (Fsp3) is 0.333. The van der Waals surface area contributed by atoms with Crippen molar-refractivity contribution in [1.82, 2.24) is 4.90 Å². The monoisotopic (exact) mass is 266 g/mol. The fourth-order valence-electron chi connectivity index (χ4n) is 2.64. The van der Waals surface area contributed by atoms with Crippen molar-refractivity contribution in [2.24, 2.45) is 0 Å². The van der Waals surface area contributed by atoms with E-state index < -0.39 is 0 Å². The van der Waals surface area contributed by atoms with Gasteiger partial charge in [-0.25, -0.2) is 0 Å². The maximum atomic E-state index is 2.48. The topological polar surface area (TPSA) is 6.48 Å². The Bertz CT molecular complexity index is 566. The van der Waals surface area contributed by atoms with Crippen molar-refractivity contribution >= 4 is 5.69 Å². The summed E-state index contributed by atoms with van der Waals surface area (Å²) in [4.78, 5) is 4.87. The molecule has 2 aliphatic carbocycles. The smallest absolute Gasteiger partial charge is 0.0396 e. The van der Waals surface area contributed by atoms with Gasteiger partial charge < -0.3 is 9.80 Å². The number of fused-ring (bicyclic) bond motifs is 1. The molecule has 0 saturated carbocycles. The minimum atomic E-state index is 1.15. The van der Waals surface area contributed by atoms with E-state index in [1.54, 1.807) is 0 Å². The highest BCUT2D eigenvalue weighted by Crippen LogP contribution is 2.32. The highest BCUT2D eigenvalue weighted by Gasteiger charge is 2.14. The van der Waals surface area contributed by atoms with Gasteiger partial charge in [-0.2, -0.15) is 0 Å². The Morgan fingerprint density at radius 1 is 0.800 bits per heavy atom. The number of aryl methyl sites for hydroxylation is 1. The molecule has 0 radical (unpaired) electrons. The Kier molecular flexibility index (Phi) is 3.75. The number of hydrogen-bond acceptors (Lipinski definition) is 2. The zero-order valence-corrected chi connectivity index (χ0v) is 12.3. The molecule has 1 saturated heterocycles. The third kappa shape index (κ3) is 3.02. The first kappa shape index (κ1) is 13.2. The largest absolute Gasteiger partial charge is 0.369 e. The van der Waals surface area contributed by atoms with Crippen molar-refractivity contribution in [2.75, 3.05) is 38.1 Å². The first-order valence-electron chi connectivity index (χ1n) is 7.33. The number of rotatable bonds is 1. The van der Waals surface area contributed by atoms with Crippen LogP contribution in [0.2, 0.25) is 0 Å². The average molecular weight is 266 g/mol. The molecule has 0 spiro atoms. The zero-order chi connectivity index (χ0) is 13.9. The van der Waals surface area contributed by atoms with Gasteiger partial charge in [-0.05, 0) is 42.8 Å². The van der Waals surface area contributed by atoms with E-state index in [1.165, 1.54) is 35.5 Å². The molecule has 0 atom stereocenters. The third-order valence-electron chi connectivity index (χ3n) is 4.07. The Morgan fingerprint density at radius 2 is 1.45 bits per heavy atom. The van der Waals surface area contributed by atoms with Crippen LogP contribution in [0.3, 0.4) is 0 Å². The van der Waals surface area contributed by atoms with E-state index in [9.17, 15) is 0 Å². The summed E-state index contributed by atoms with van der Waals surface area (Å²) < 4.78 is 0. The van der Waals surface area contributed by atoms with Gasteiger partial charge in [0, 0.05) is 31.9 Å². The van der Waals surface area contributed by atoms with E-state index in [2.05, 4.69) is 72.3 Å². The molecule has 104 valence electrons. The van der Waals surface area contributed by atoms with Crippen molar-refractivity contribution in [1.29, 1.82) is 0 Å². The Hall–Kier alpha value is -1.80. The number of anilines is 1. The average Bonchev–Trinajstić information content (AvgIpc) is 3.07. The molecule has 20 heavy (non-hydrogen) atoms. The fourth-order valence-corrected chi connectivity index (χ4v) is 2.64. The Labute approximate surface area is 121 Å². The molecule has 1 aromatic rings. The summed E-state index contributed by atoms with van der Waals surface area (Å²) in [7, 11) is 2.19. The zero-order valence-electron chi connectivity index (χ0n) is 12.3. The highest BCUT2D eigenvalue weighted by molar-refractivity contribution is 5.80. The van der Waals surface area contributed by atoms with Gasteiger partial charge in [0.25, 0.3) is 0 Å². The quantitative estimate of drug-likeness (QED) is 0.666. The highest BCUT2D eigenvalue weighted by atomic mass is 15.2. The van der Waals surface area contributed by atoms with Crippen LogP contribution in [-0.4, -0.2) is 38.1 Å². The standard InChI is InChI=1S/C12H18N2.C6H4/c1-11-5-3-4-6-12(11)14-9-7-13(2)8-10-14;1-2-5-4-6(5)3-1/h3-6H,7-10H2,1-2H3;1-4H. The summed E-state index contributed by atoms with van der Waals surface area (Å²) in [6, 6.07) is 17.1. The lowest BCUT2D eigenvalue weighted by Crippen LogP contribution is -2.44. The van der Waals surface area contributed by atoms with Gasteiger partial charge in [0.1, 0.15) is 0 Å². The second-order valence-electron chi connectivity index (χ2n) is 5.66. The molecule has 0 aromatic heterocycles. The van der Waals surface area contributed by atoms with Gasteiger partial charge in [-0.3, -0.25) is 0 Å². The van der Waals surface area contributed by atoms with Gasteiger partial charge in [-0.1, -0.05) is 36.4 Å². The first-order chi connectivity index (χ1) is 9.74. The summed E-state index contributed by atoms with van der Waals surface area (Å²) in [5, 5.41) is 0. The van der Waals surface area contributed by atoms with Crippen LogP contribution in [0.4, 0.5) is 5.69 Å². The van der Waals surface area contributed by atoms with Crippen LogP contribution in [-0.2, 0) is 0 Å². The van der Waals surface area contributed by atoms with Crippen LogP contribution in [0, 0.1) is 6.92 Å². The lowest BCUT2D eigenvalue weighted by Gasteiger charge is -2.34. The van der Waals surface area contributed by atoms with Gasteiger partial charge >= 0.3 is 0 Å². The maximum absolute atomic E-state index is 2.48. The number of benzene rings is 2. The second kappa shape index (κ2) is 5.68. The van der Waals surface area contributed by atoms with Crippen molar-refractivity contribution in [3.05, 3.63) is 54.1 Å². The minimum absolute atomic E-state index is 1.15. The maximum Gasteiger partial charge on any atom is 0.0396 e. The van der Waals surface area contributed by atoms with Crippen LogP contribution in [0.5, 0.6) is 0 Å². The Morgan fingerprint density at radius 3 is 1.95 bits per heavy atom. The van der Waals surface area contributed by atoms with Crippen molar-refractivity contribution in [3.63, 3.8) is 0 Å². The molecule has 2 heteroatoms. The summed E-state index contributed by atoms with van der Waals surface area (Å²) in [5.41, 5.74) is 5.64. The summed E-state index contributed by atoms with van der Waals surface area (Å²) in [6.45, 7) is 6.85. The van der Waals surface area contributed by atoms with Gasteiger partial charge in [0.05, 0.1) is 0 Å². The molecule has 0 amide bonds. The molecule has 3 aliphatic rings. The lowest BCUT2D eigenvalue weighted by molar-refractivity contribution is 0.312. The predicted molar refractivity (Wildman–Crippen MR) is 86.3 cm³/mol. The number of likely N-dealkylation sites (N-methyl/N-ethyl adjacent to an activating group) is 1. The van der Waals surface area contributed by atoms with E-state index in [4.69, 9.17) is 0 Å². The van der Waals surface area contributed by atoms with Crippen LogP contribution >= 0.6 is 0 Å². The number of nitrogens with zero attached hydrogens (tertiary/aromatic N) is 2. The van der Waals surface area contributed by atoms with Crippen molar-refractivity contribution in [2.45, 2.75) is 6.92 Å². The SMILES string of the molecule is Cc1ccccc1N1CCN(C)CC1.c1cc2cc-2c1. The molecule has 1 aliphatic heterocycles. The van der Waals surface area contributed by atoms with E-state index in [0.29, 0.717) is 0 Å². The molecular weight excluding hydrogens is 244 g/mol. The van der Waals surface area contributed by atoms with E-state index in [0.717, 1.165) is 13.1 Å². The van der Waals surface area contributed by atoms with Gasteiger partial charge in [0.15, 0.2) is 0 Å². The number of hydrogen-bond donors (Lipinski definition) is 0. The normalized spacial score (nSPS) is 16.4. The molecule has 1 aromatic carbocycles. The van der Waals surface area contributed by atoms with Crippen LogP contribution in [0.15, 0.2) is 48.5 Å². The Balaban J connectivity index is 0.000000165. The first-order valence-corrected chi connectivity index (χ1v) is 7.33. The van der Waals surface area contributed by atoms with Crippen LogP contribution in [0.1, 0.15) is 5.56 Å². The minimum Gasteiger partial charge on any atom is -0.369 e. The van der Waals surface area contributed by atoms with Crippen molar-refractivity contribution in [3.8, 4) is 11.1 Å². The second-order valence-corrected chi connectivity index (χ2v) is 5.66. The van der Waals surface area contributed by atoms with E-state index >= 15 is 0 Å².